The molecule has 8 nitrogen and oxygen atoms in total. The molecule has 0 bridgehead atoms. The molecule has 3 rings (SSSR count). The minimum Gasteiger partial charge on any atom is -0.344 e. The first-order valence-corrected chi connectivity index (χ1v) is 10.7. The molecule has 1 unspecified atom stereocenters. The van der Waals surface area contributed by atoms with Crippen molar-refractivity contribution >= 4 is 26.7 Å². The number of nitrogens with one attached hydrogen (secondary N) is 1. The van der Waals surface area contributed by atoms with Gasteiger partial charge in [0.25, 0.3) is 11.5 Å². The zero-order chi connectivity index (χ0) is 21.2. The highest BCUT2D eigenvalue weighted by Gasteiger charge is 2.19. The molecule has 1 heterocycles. The fraction of sp³-hybridized carbons (Fsp3) is 0.250. The van der Waals surface area contributed by atoms with Crippen molar-refractivity contribution in [1.82, 2.24) is 15.1 Å². The van der Waals surface area contributed by atoms with E-state index in [0.29, 0.717) is 29.3 Å². The number of aromatic nitrogens is 2. The van der Waals surface area contributed by atoms with Gasteiger partial charge in [-0.05, 0) is 37.1 Å². The van der Waals surface area contributed by atoms with E-state index in [9.17, 15) is 18.0 Å². The quantitative estimate of drug-likeness (QED) is 0.638. The van der Waals surface area contributed by atoms with Gasteiger partial charge in [-0.2, -0.15) is 5.10 Å². The van der Waals surface area contributed by atoms with Crippen molar-refractivity contribution in [2.24, 2.45) is 5.14 Å². The highest BCUT2D eigenvalue weighted by atomic mass is 32.2. The topological polar surface area (TPSA) is 124 Å². The molecule has 0 fully saturated rings. The molecule has 9 heteroatoms. The smallest absolute Gasteiger partial charge is 0.274 e. The molecule has 29 heavy (non-hydrogen) atoms. The molecular weight excluding hydrogens is 392 g/mol. The zero-order valence-electron chi connectivity index (χ0n) is 16.1. The number of sulfonamides is 1. The maximum Gasteiger partial charge on any atom is 0.274 e. The second kappa shape index (κ2) is 8.14. The molecule has 0 spiro atoms. The molecule has 3 N–H and O–H groups in total. The SMILES string of the molecule is CCCn1nc(C(=O)NC(C)c2ccc(S(N)(=O)=O)cc2)c2ccccc2c1=O. The van der Waals surface area contributed by atoms with E-state index in [-0.39, 0.29) is 16.1 Å². The van der Waals surface area contributed by atoms with Crippen LogP contribution >= 0.6 is 0 Å². The number of primary sulfonamides is 1. The summed E-state index contributed by atoms with van der Waals surface area (Å²) < 4.78 is 24.1. The number of carbonyl (C=O) groups is 1. The highest BCUT2D eigenvalue weighted by molar-refractivity contribution is 7.89. The number of nitrogens with zero attached hydrogens (tertiary/aromatic N) is 2. The van der Waals surface area contributed by atoms with E-state index in [1.807, 2.05) is 6.92 Å². The number of hydrogen-bond acceptors (Lipinski definition) is 5. The Bertz CT molecular complexity index is 1220. The van der Waals surface area contributed by atoms with Gasteiger partial charge in [-0.3, -0.25) is 9.59 Å². The van der Waals surface area contributed by atoms with E-state index in [1.54, 1.807) is 43.3 Å². The maximum atomic E-state index is 12.9. The van der Waals surface area contributed by atoms with Gasteiger partial charge in [0.15, 0.2) is 5.69 Å². The standard InChI is InChI=1S/C20H22N4O4S/c1-3-12-24-20(26)17-7-5-4-6-16(17)18(23-24)19(25)22-13(2)14-8-10-15(11-9-14)29(21,27)28/h4-11,13H,3,12H2,1-2H3,(H,22,25)(H2,21,27,28). The number of carbonyl (C=O) groups excluding carboxylic acids is 1. The Hall–Kier alpha value is -3.04. The lowest BCUT2D eigenvalue weighted by molar-refractivity contribution is 0.0934. The molecule has 0 saturated heterocycles. The van der Waals surface area contributed by atoms with Gasteiger partial charge in [-0.1, -0.05) is 37.3 Å². The van der Waals surface area contributed by atoms with Crippen LogP contribution in [0.3, 0.4) is 0 Å². The van der Waals surface area contributed by atoms with Crippen LogP contribution in [0.2, 0.25) is 0 Å². The Kier molecular flexibility index (Phi) is 5.81. The van der Waals surface area contributed by atoms with Crippen LogP contribution in [0.25, 0.3) is 10.8 Å². The van der Waals surface area contributed by atoms with Crippen LogP contribution in [-0.2, 0) is 16.6 Å². The van der Waals surface area contributed by atoms with Crippen LogP contribution in [0.4, 0.5) is 0 Å². The monoisotopic (exact) mass is 414 g/mol. The van der Waals surface area contributed by atoms with Crippen LogP contribution in [0.5, 0.6) is 0 Å². The first kappa shape index (κ1) is 20.7. The molecule has 1 aromatic heterocycles. The van der Waals surface area contributed by atoms with Crippen LogP contribution in [-0.4, -0.2) is 24.1 Å². The van der Waals surface area contributed by atoms with E-state index in [0.717, 1.165) is 0 Å². The molecule has 152 valence electrons. The fourth-order valence-electron chi connectivity index (χ4n) is 3.06. The third-order valence-corrected chi connectivity index (χ3v) is 5.50. The van der Waals surface area contributed by atoms with E-state index in [2.05, 4.69) is 10.4 Å². The summed E-state index contributed by atoms with van der Waals surface area (Å²) in [6.45, 7) is 4.11. The molecule has 2 aromatic carbocycles. The number of amides is 1. The summed E-state index contributed by atoms with van der Waals surface area (Å²) >= 11 is 0. The Morgan fingerprint density at radius 1 is 1.14 bits per heavy atom. The molecule has 3 aromatic rings. The van der Waals surface area contributed by atoms with Gasteiger partial charge in [0.05, 0.1) is 16.3 Å². The van der Waals surface area contributed by atoms with Crippen LogP contribution in [0, 0.1) is 0 Å². The summed E-state index contributed by atoms with van der Waals surface area (Å²) in [5, 5.41) is 13.2. The zero-order valence-corrected chi connectivity index (χ0v) is 16.9. The molecule has 0 aliphatic carbocycles. The summed E-state index contributed by atoms with van der Waals surface area (Å²) in [6, 6.07) is 12.4. The predicted octanol–water partition coefficient (Wildman–Crippen LogP) is 1.94. The molecular formula is C20H22N4O4S. The van der Waals surface area contributed by atoms with Gasteiger partial charge in [0, 0.05) is 11.9 Å². The second-order valence-corrected chi connectivity index (χ2v) is 8.29. The molecule has 0 saturated carbocycles. The average molecular weight is 414 g/mol. The third-order valence-electron chi connectivity index (χ3n) is 4.57. The minimum absolute atomic E-state index is 0.000853. The number of aryl methyl sites for hydroxylation is 1. The lowest BCUT2D eigenvalue weighted by Gasteiger charge is -2.16. The van der Waals surface area contributed by atoms with Gasteiger partial charge < -0.3 is 5.32 Å². The first-order chi connectivity index (χ1) is 13.7. The van der Waals surface area contributed by atoms with Gasteiger partial charge in [-0.15, -0.1) is 0 Å². The van der Waals surface area contributed by atoms with Crippen LogP contribution in [0.15, 0.2) is 58.2 Å². The van der Waals surface area contributed by atoms with E-state index in [1.165, 1.54) is 16.8 Å². The third kappa shape index (κ3) is 4.36. The average Bonchev–Trinajstić information content (AvgIpc) is 2.69. The molecule has 0 radical (unpaired) electrons. The largest absolute Gasteiger partial charge is 0.344 e. The van der Waals surface area contributed by atoms with Gasteiger partial charge >= 0.3 is 0 Å². The Morgan fingerprint density at radius 2 is 1.76 bits per heavy atom. The summed E-state index contributed by atoms with van der Waals surface area (Å²) in [6.07, 6.45) is 0.707. The van der Waals surface area contributed by atoms with E-state index < -0.39 is 22.0 Å². The van der Waals surface area contributed by atoms with Crippen LogP contribution in [0.1, 0.15) is 42.4 Å². The van der Waals surface area contributed by atoms with Crippen molar-refractivity contribution in [2.45, 2.75) is 37.8 Å². The van der Waals surface area contributed by atoms with Crippen LogP contribution < -0.4 is 16.0 Å². The van der Waals surface area contributed by atoms with Crippen molar-refractivity contribution in [2.75, 3.05) is 0 Å². The summed E-state index contributed by atoms with van der Waals surface area (Å²) in [4.78, 5) is 25.5. The number of rotatable bonds is 6. The number of benzene rings is 2. The number of hydrogen-bond donors (Lipinski definition) is 2. The molecule has 0 aliphatic heterocycles. The lowest BCUT2D eigenvalue weighted by atomic mass is 10.1. The minimum atomic E-state index is -3.78. The lowest BCUT2D eigenvalue weighted by Crippen LogP contribution is -2.32. The van der Waals surface area contributed by atoms with Gasteiger partial charge in [0.1, 0.15) is 0 Å². The summed E-state index contributed by atoms with van der Waals surface area (Å²) in [5.74, 6) is -0.422. The first-order valence-electron chi connectivity index (χ1n) is 9.16. The summed E-state index contributed by atoms with van der Waals surface area (Å²) in [7, 11) is -3.78. The predicted molar refractivity (Wildman–Crippen MR) is 110 cm³/mol. The molecule has 1 atom stereocenters. The van der Waals surface area contributed by atoms with E-state index in [4.69, 9.17) is 5.14 Å². The van der Waals surface area contributed by atoms with Gasteiger partial charge in [-0.25, -0.2) is 18.2 Å². The second-order valence-electron chi connectivity index (χ2n) is 6.73. The normalized spacial score (nSPS) is 12.7. The van der Waals surface area contributed by atoms with Crippen molar-refractivity contribution < 1.29 is 13.2 Å². The Morgan fingerprint density at radius 3 is 2.34 bits per heavy atom. The van der Waals surface area contributed by atoms with Crippen molar-refractivity contribution in [3.05, 3.63) is 70.1 Å². The number of nitrogens with two attached hydrogens (primary N) is 1. The van der Waals surface area contributed by atoms with Crippen molar-refractivity contribution in [1.29, 1.82) is 0 Å². The Balaban J connectivity index is 1.93. The fourth-order valence-corrected chi connectivity index (χ4v) is 3.58. The number of fused-ring (bicyclic) bond motifs is 1. The summed E-state index contributed by atoms with van der Waals surface area (Å²) in [5.41, 5.74) is 0.643. The van der Waals surface area contributed by atoms with Gasteiger partial charge in [0.2, 0.25) is 10.0 Å². The van der Waals surface area contributed by atoms with E-state index >= 15 is 0 Å². The molecule has 1 amide bonds. The molecule has 0 aliphatic rings. The Labute approximate surface area is 168 Å². The highest BCUT2D eigenvalue weighted by Crippen LogP contribution is 2.18. The maximum absolute atomic E-state index is 12.9. The van der Waals surface area contributed by atoms with Crippen molar-refractivity contribution in [3.8, 4) is 0 Å². The van der Waals surface area contributed by atoms with Crippen molar-refractivity contribution in [3.63, 3.8) is 0 Å².